The normalized spacial score (nSPS) is 10.7. The first-order valence-electron chi connectivity index (χ1n) is 6.33. The maximum atomic E-state index is 5.82. The molecule has 0 radical (unpaired) electrons. The van der Waals surface area contributed by atoms with E-state index in [1.807, 2.05) is 74.5 Å². The lowest BCUT2D eigenvalue weighted by atomic mass is 10.3. The highest BCUT2D eigenvalue weighted by Crippen LogP contribution is 2.15. The number of rotatable bonds is 6. The second-order valence-electron chi connectivity index (χ2n) is 4.34. The van der Waals surface area contributed by atoms with Gasteiger partial charge in [0.15, 0.2) is 0 Å². The van der Waals surface area contributed by atoms with Crippen LogP contribution in [0.4, 0.5) is 0 Å². The highest BCUT2D eigenvalue weighted by Gasteiger charge is 2.21. The van der Waals surface area contributed by atoms with Gasteiger partial charge < -0.3 is 13.3 Å². The number of hydrogen-bond donors (Lipinski definition) is 0. The average molecular weight is 274 g/mol. The van der Waals surface area contributed by atoms with Crippen molar-refractivity contribution in [2.45, 2.75) is 20.0 Å². The molecule has 0 heterocycles. The maximum absolute atomic E-state index is 5.82. The molecule has 2 aromatic rings. The molecule has 0 atom stereocenters. The molecule has 0 spiro atoms. The van der Waals surface area contributed by atoms with Gasteiger partial charge in [0.25, 0.3) is 0 Å². The predicted octanol–water partition coefficient (Wildman–Crippen LogP) is 3.29. The molecule has 0 fully saturated rings. The van der Waals surface area contributed by atoms with Gasteiger partial charge in [-0.25, -0.2) is 0 Å². The van der Waals surface area contributed by atoms with Crippen molar-refractivity contribution < 1.29 is 13.3 Å². The minimum Gasteiger partial charge on any atom is -0.494 e. The van der Waals surface area contributed by atoms with Crippen molar-refractivity contribution in [2.24, 2.45) is 0 Å². The van der Waals surface area contributed by atoms with E-state index in [0.717, 1.165) is 11.5 Å². The zero-order valence-corrected chi connectivity index (χ0v) is 12.3. The van der Waals surface area contributed by atoms with Gasteiger partial charge in [-0.05, 0) is 38.1 Å². The zero-order valence-electron chi connectivity index (χ0n) is 11.2. The van der Waals surface area contributed by atoms with Gasteiger partial charge in [-0.2, -0.15) is 0 Å². The summed E-state index contributed by atoms with van der Waals surface area (Å²) in [6, 6.07) is 19.2. The lowest BCUT2D eigenvalue weighted by Crippen LogP contribution is -2.36. The number of benzene rings is 2. The summed E-state index contributed by atoms with van der Waals surface area (Å²) in [6.45, 7) is 3.95. The van der Waals surface area contributed by atoms with Gasteiger partial charge in [-0.15, -0.1) is 0 Å². The van der Waals surface area contributed by atoms with Crippen LogP contribution in [-0.2, 0) is 4.43 Å². The van der Waals surface area contributed by atoms with E-state index in [0.29, 0.717) is 0 Å². The molecule has 0 bridgehead atoms. The summed E-state index contributed by atoms with van der Waals surface area (Å²) in [5.74, 6) is 1.55. The summed E-state index contributed by atoms with van der Waals surface area (Å²) in [5.41, 5.74) is 0. The van der Waals surface area contributed by atoms with Crippen LogP contribution in [0.2, 0.25) is 0 Å². The molecular formula is C15H18O3Si. The largest absolute Gasteiger partial charge is 0.616 e. The van der Waals surface area contributed by atoms with Gasteiger partial charge in [-0.1, -0.05) is 36.4 Å². The van der Waals surface area contributed by atoms with Gasteiger partial charge in [0, 0.05) is 6.10 Å². The Morgan fingerprint density at radius 3 is 1.53 bits per heavy atom. The quantitative estimate of drug-likeness (QED) is 0.757. The topological polar surface area (TPSA) is 27.7 Å². The number of hydrogen-bond acceptors (Lipinski definition) is 3. The molecule has 0 saturated carbocycles. The lowest BCUT2D eigenvalue weighted by molar-refractivity contribution is 0.154. The van der Waals surface area contributed by atoms with Crippen LogP contribution in [0.3, 0.4) is 0 Å². The van der Waals surface area contributed by atoms with E-state index in [-0.39, 0.29) is 6.10 Å². The van der Waals surface area contributed by atoms with Crippen molar-refractivity contribution in [1.29, 1.82) is 0 Å². The Kier molecular flexibility index (Phi) is 5.00. The fourth-order valence-electron chi connectivity index (χ4n) is 1.52. The Morgan fingerprint density at radius 2 is 1.16 bits per heavy atom. The monoisotopic (exact) mass is 274 g/mol. The van der Waals surface area contributed by atoms with Gasteiger partial charge in [0.05, 0.1) is 0 Å². The highest BCUT2D eigenvalue weighted by molar-refractivity contribution is 6.38. The van der Waals surface area contributed by atoms with Crippen molar-refractivity contribution in [3.05, 3.63) is 60.7 Å². The number of para-hydroxylation sites is 2. The molecule has 0 saturated heterocycles. The van der Waals surface area contributed by atoms with Crippen LogP contribution in [0.5, 0.6) is 11.5 Å². The van der Waals surface area contributed by atoms with E-state index in [2.05, 4.69) is 0 Å². The third-order valence-corrected chi connectivity index (χ3v) is 4.03. The first kappa shape index (κ1) is 13.6. The van der Waals surface area contributed by atoms with Gasteiger partial charge in [0.2, 0.25) is 0 Å². The summed E-state index contributed by atoms with van der Waals surface area (Å²) in [4.78, 5) is 0. The van der Waals surface area contributed by atoms with Crippen LogP contribution >= 0.6 is 0 Å². The van der Waals surface area contributed by atoms with Crippen LogP contribution < -0.4 is 8.85 Å². The third-order valence-electron chi connectivity index (χ3n) is 2.33. The van der Waals surface area contributed by atoms with Crippen LogP contribution in [0.15, 0.2) is 60.7 Å². The second-order valence-corrected chi connectivity index (χ2v) is 5.66. The SMILES string of the molecule is CC(C)O[SiH](Oc1ccccc1)Oc1ccccc1. The van der Waals surface area contributed by atoms with E-state index in [1.54, 1.807) is 0 Å². The molecule has 0 aliphatic carbocycles. The fraction of sp³-hybridized carbons (Fsp3) is 0.200. The molecule has 19 heavy (non-hydrogen) atoms. The van der Waals surface area contributed by atoms with Crippen molar-refractivity contribution in [1.82, 2.24) is 0 Å². The maximum Gasteiger partial charge on any atom is 0.616 e. The highest BCUT2D eigenvalue weighted by atomic mass is 28.3. The van der Waals surface area contributed by atoms with Crippen LogP contribution in [-0.4, -0.2) is 15.6 Å². The average Bonchev–Trinajstić information content (AvgIpc) is 2.40. The predicted molar refractivity (Wildman–Crippen MR) is 77.5 cm³/mol. The van der Waals surface area contributed by atoms with Crippen LogP contribution in [0.1, 0.15) is 13.8 Å². The Balaban J connectivity index is 2.03. The summed E-state index contributed by atoms with van der Waals surface area (Å²) in [6.07, 6.45) is 0.0732. The molecule has 100 valence electrons. The first-order valence-corrected chi connectivity index (χ1v) is 7.74. The van der Waals surface area contributed by atoms with Crippen molar-refractivity contribution in [3.63, 3.8) is 0 Å². The lowest BCUT2D eigenvalue weighted by Gasteiger charge is -2.20. The van der Waals surface area contributed by atoms with E-state index >= 15 is 0 Å². The molecule has 0 N–H and O–H groups in total. The molecule has 3 nitrogen and oxygen atoms in total. The molecule has 0 aliphatic rings. The Bertz CT molecular complexity index is 432. The molecular weight excluding hydrogens is 256 g/mol. The third kappa shape index (κ3) is 4.77. The van der Waals surface area contributed by atoms with Crippen LogP contribution in [0.25, 0.3) is 0 Å². The van der Waals surface area contributed by atoms with E-state index in [4.69, 9.17) is 13.3 Å². The summed E-state index contributed by atoms with van der Waals surface area (Å²) < 4.78 is 17.4. The van der Waals surface area contributed by atoms with Crippen molar-refractivity contribution in [3.8, 4) is 11.5 Å². The van der Waals surface area contributed by atoms with Crippen molar-refractivity contribution >= 4 is 9.53 Å². The standard InChI is InChI=1S/C15H18O3Si/c1-13(2)16-19(17-14-9-5-3-6-10-14)18-15-11-7-4-8-12-15/h3-13,19H,1-2H3. The molecule has 0 aliphatic heterocycles. The second kappa shape index (κ2) is 6.97. The Morgan fingerprint density at radius 1 is 0.737 bits per heavy atom. The van der Waals surface area contributed by atoms with Gasteiger partial charge >= 0.3 is 9.53 Å². The minimum atomic E-state index is -2.24. The Hall–Kier alpha value is -1.78. The fourth-order valence-corrected chi connectivity index (χ4v) is 2.88. The van der Waals surface area contributed by atoms with Gasteiger partial charge in [-0.3, -0.25) is 0 Å². The van der Waals surface area contributed by atoms with Gasteiger partial charge in [0.1, 0.15) is 11.5 Å². The molecule has 0 aromatic heterocycles. The molecule has 0 unspecified atom stereocenters. The summed E-state index contributed by atoms with van der Waals surface area (Å²) >= 11 is 0. The van der Waals surface area contributed by atoms with E-state index in [9.17, 15) is 0 Å². The van der Waals surface area contributed by atoms with E-state index in [1.165, 1.54) is 0 Å². The Labute approximate surface area is 115 Å². The molecule has 2 rings (SSSR count). The summed E-state index contributed by atoms with van der Waals surface area (Å²) in [7, 11) is -2.24. The summed E-state index contributed by atoms with van der Waals surface area (Å²) in [5, 5.41) is 0. The zero-order chi connectivity index (χ0) is 13.5. The molecule has 0 amide bonds. The molecule has 4 heteroatoms. The van der Waals surface area contributed by atoms with Crippen molar-refractivity contribution in [2.75, 3.05) is 0 Å². The first-order chi connectivity index (χ1) is 9.24. The molecule has 2 aromatic carbocycles. The minimum absolute atomic E-state index is 0.0732. The smallest absolute Gasteiger partial charge is 0.494 e. The van der Waals surface area contributed by atoms with Crippen LogP contribution in [0, 0.1) is 0 Å². The van der Waals surface area contributed by atoms with E-state index < -0.39 is 9.53 Å².